The first kappa shape index (κ1) is 19.8. The van der Waals surface area contributed by atoms with Gasteiger partial charge in [0, 0.05) is 5.56 Å². The second-order valence-electron chi connectivity index (χ2n) is 6.28. The van der Waals surface area contributed by atoms with Crippen molar-refractivity contribution in [3.05, 3.63) is 82.3 Å². The fraction of sp³-hybridized carbons (Fsp3) is 0.143. The van der Waals surface area contributed by atoms with Crippen molar-refractivity contribution in [1.82, 2.24) is 14.9 Å². The Kier molecular flexibility index (Phi) is 6.03. The van der Waals surface area contributed by atoms with Gasteiger partial charge >= 0.3 is 12.0 Å². The van der Waals surface area contributed by atoms with Crippen LogP contribution in [0.2, 0.25) is 0 Å². The molecule has 0 spiro atoms. The highest BCUT2D eigenvalue weighted by molar-refractivity contribution is 5.83. The van der Waals surface area contributed by atoms with Crippen molar-refractivity contribution in [2.45, 2.75) is 12.8 Å². The topological polar surface area (TPSA) is 122 Å². The first-order chi connectivity index (χ1) is 14.0. The first-order valence-electron chi connectivity index (χ1n) is 8.91. The molecule has 3 rings (SSSR count). The predicted octanol–water partition coefficient (Wildman–Crippen LogP) is 2.04. The highest BCUT2D eigenvalue weighted by Gasteiger charge is 2.22. The minimum absolute atomic E-state index is 0.00284. The minimum Gasteiger partial charge on any atom is -0.493 e. The van der Waals surface area contributed by atoms with E-state index < -0.39 is 30.0 Å². The molecule has 0 bridgehead atoms. The van der Waals surface area contributed by atoms with Crippen LogP contribution in [0.3, 0.4) is 0 Å². The monoisotopic (exact) mass is 393 g/mol. The van der Waals surface area contributed by atoms with E-state index in [2.05, 4.69) is 10.3 Å². The zero-order chi connectivity index (χ0) is 20.8. The van der Waals surface area contributed by atoms with Crippen LogP contribution in [0.25, 0.3) is 11.3 Å². The van der Waals surface area contributed by atoms with Crippen LogP contribution in [-0.4, -0.2) is 38.3 Å². The number of nitrogens with zero attached hydrogens (tertiary/aromatic N) is 2. The molecule has 29 heavy (non-hydrogen) atoms. The second kappa shape index (κ2) is 8.83. The Morgan fingerprint density at radius 2 is 1.59 bits per heavy atom. The molecule has 1 amide bonds. The minimum atomic E-state index is -1.27. The van der Waals surface area contributed by atoms with E-state index in [1.54, 1.807) is 30.3 Å². The van der Waals surface area contributed by atoms with Gasteiger partial charge in [-0.2, -0.15) is 4.57 Å². The van der Waals surface area contributed by atoms with Crippen molar-refractivity contribution in [2.24, 2.45) is 0 Å². The Balaban J connectivity index is 2.05. The number of hydrogen-bond donors (Lipinski definition) is 3. The summed E-state index contributed by atoms with van der Waals surface area (Å²) in [6.07, 6.45) is 0.812. The van der Waals surface area contributed by atoms with E-state index in [0.717, 1.165) is 5.56 Å². The van der Waals surface area contributed by atoms with Crippen LogP contribution in [-0.2, 0) is 17.6 Å². The lowest BCUT2D eigenvalue weighted by molar-refractivity contribution is -0.135. The molecule has 0 aliphatic rings. The summed E-state index contributed by atoms with van der Waals surface area (Å²) in [6, 6.07) is 17.0. The van der Waals surface area contributed by atoms with Crippen LogP contribution in [0.4, 0.5) is 4.79 Å². The number of aromatic hydroxyl groups is 1. The number of carbonyl (C=O) groups excluding carboxylic acids is 1. The second-order valence-corrected chi connectivity index (χ2v) is 6.28. The summed E-state index contributed by atoms with van der Waals surface area (Å²) in [5.41, 5.74) is 0.816. The maximum absolute atomic E-state index is 12.8. The standard InChI is InChI=1S/C21H19N3O5/c25-17(26)13-22-21(29)24-19(27)16(12-11-14-7-3-1-4-8-14)23-18(20(24)28)15-9-5-2-6-10-15/h1-10,27H,11-13H2,(H,22,29)(H,25,26). The maximum atomic E-state index is 12.8. The third kappa shape index (κ3) is 4.67. The molecule has 0 saturated carbocycles. The van der Waals surface area contributed by atoms with Gasteiger partial charge in [0.25, 0.3) is 5.56 Å². The molecular weight excluding hydrogens is 374 g/mol. The number of carbonyl (C=O) groups is 2. The Bertz CT molecular complexity index is 1080. The third-order valence-corrected chi connectivity index (χ3v) is 4.26. The molecule has 1 aromatic heterocycles. The zero-order valence-electron chi connectivity index (χ0n) is 15.4. The van der Waals surface area contributed by atoms with Gasteiger partial charge in [0.2, 0.25) is 5.88 Å². The van der Waals surface area contributed by atoms with Crippen molar-refractivity contribution < 1.29 is 19.8 Å². The molecule has 8 heteroatoms. The summed E-state index contributed by atoms with van der Waals surface area (Å²) in [5.74, 6) is -1.87. The molecule has 0 fully saturated rings. The molecular formula is C21H19N3O5. The smallest absolute Gasteiger partial charge is 0.332 e. The molecule has 3 aromatic rings. The van der Waals surface area contributed by atoms with Gasteiger partial charge in [0.15, 0.2) is 0 Å². The molecule has 148 valence electrons. The molecule has 0 atom stereocenters. The molecule has 0 unspecified atom stereocenters. The van der Waals surface area contributed by atoms with E-state index in [1.807, 2.05) is 30.3 Å². The van der Waals surface area contributed by atoms with Gasteiger partial charge in [-0.1, -0.05) is 60.7 Å². The third-order valence-electron chi connectivity index (χ3n) is 4.26. The van der Waals surface area contributed by atoms with Crippen LogP contribution >= 0.6 is 0 Å². The number of aromatic nitrogens is 2. The van der Waals surface area contributed by atoms with Crippen molar-refractivity contribution in [1.29, 1.82) is 0 Å². The summed E-state index contributed by atoms with van der Waals surface area (Å²) in [4.78, 5) is 40.3. The summed E-state index contributed by atoms with van der Waals surface area (Å²) >= 11 is 0. The molecule has 1 heterocycles. The number of rotatable bonds is 6. The highest BCUT2D eigenvalue weighted by Crippen LogP contribution is 2.20. The number of nitrogens with one attached hydrogen (secondary N) is 1. The van der Waals surface area contributed by atoms with Crippen molar-refractivity contribution in [2.75, 3.05) is 6.54 Å². The van der Waals surface area contributed by atoms with Gasteiger partial charge in [-0.15, -0.1) is 0 Å². The fourth-order valence-corrected chi connectivity index (χ4v) is 2.84. The Hall–Kier alpha value is -3.94. The number of benzene rings is 2. The maximum Gasteiger partial charge on any atom is 0.332 e. The van der Waals surface area contributed by atoms with E-state index in [0.29, 0.717) is 16.6 Å². The normalized spacial score (nSPS) is 10.5. The highest BCUT2D eigenvalue weighted by atomic mass is 16.4. The average molecular weight is 393 g/mol. The van der Waals surface area contributed by atoms with Gasteiger partial charge in [-0.25, -0.2) is 9.78 Å². The Labute approximate surface area is 166 Å². The van der Waals surface area contributed by atoms with Crippen LogP contribution in [0.5, 0.6) is 5.88 Å². The Morgan fingerprint density at radius 3 is 2.21 bits per heavy atom. The average Bonchev–Trinajstić information content (AvgIpc) is 2.73. The first-order valence-corrected chi connectivity index (χ1v) is 8.91. The van der Waals surface area contributed by atoms with Crippen molar-refractivity contribution in [3.63, 3.8) is 0 Å². The van der Waals surface area contributed by atoms with E-state index in [4.69, 9.17) is 5.11 Å². The van der Waals surface area contributed by atoms with E-state index in [9.17, 15) is 19.5 Å². The molecule has 8 nitrogen and oxygen atoms in total. The van der Waals surface area contributed by atoms with Gasteiger partial charge in [-0.05, 0) is 18.4 Å². The lowest BCUT2D eigenvalue weighted by atomic mass is 10.1. The number of aryl methyl sites for hydroxylation is 2. The lowest BCUT2D eigenvalue weighted by Gasteiger charge is -2.13. The van der Waals surface area contributed by atoms with Crippen LogP contribution in [0.1, 0.15) is 11.3 Å². The molecule has 2 aromatic carbocycles. The van der Waals surface area contributed by atoms with E-state index in [-0.39, 0.29) is 17.8 Å². The van der Waals surface area contributed by atoms with Gasteiger partial charge < -0.3 is 15.5 Å². The number of aliphatic carboxylic acids is 1. The van der Waals surface area contributed by atoms with Crippen molar-refractivity contribution in [3.8, 4) is 17.1 Å². The van der Waals surface area contributed by atoms with Gasteiger partial charge in [-0.3, -0.25) is 9.59 Å². The van der Waals surface area contributed by atoms with Crippen LogP contribution in [0.15, 0.2) is 65.5 Å². The van der Waals surface area contributed by atoms with E-state index in [1.165, 1.54) is 0 Å². The number of hydrogen-bond acceptors (Lipinski definition) is 5. The summed E-state index contributed by atoms with van der Waals surface area (Å²) < 4.78 is 0.526. The molecule has 0 radical (unpaired) electrons. The van der Waals surface area contributed by atoms with Gasteiger partial charge in [0.05, 0.1) is 0 Å². The molecule has 0 saturated heterocycles. The molecule has 0 aliphatic heterocycles. The number of carboxylic acids is 1. The SMILES string of the molecule is O=C(O)CNC(=O)n1c(O)c(CCc2ccccc2)nc(-c2ccccc2)c1=O. The predicted molar refractivity (Wildman–Crippen MR) is 106 cm³/mol. The summed E-state index contributed by atoms with van der Waals surface area (Å²) in [5, 5.41) is 21.4. The molecule has 0 aliphatic carbocycles. The van der Waals surface area contributed by atoms with Gasteiger partial charge in [0.1, 0.15) is 17.9 Å². The van der Waals surface area contributed by atoms with Crippen LogP contribution in [0, 0.1) is 0 Å². The Morgan fingerprint density at radius 1 is 0.966 bits per heavy atom. The number of carboxylic acid groups (broad SMARTS) is 1. The lowest BCUT2D eigenvalue weighted by Crippen LogP contribution is -2.40. The quantitative estimate of drug-likeness (QED) is 0.589. The largest absolute Gasteiger partial charge is 0.493 e. The summed E-state index contributed by atoms with van der Waals surface area (Å²) in [6.45, 7) is -0.687. The zero-order valence-corrected chi connectivity index (χ0v) is 15.4. The van der Waals surface area contributed by atoms with Crippen LogP contribution < -0.4 is 10.9 Å². The summed E-state index contributed by atoms with van der Waals surface area (Å²) in [7, 11) is 0. The fourth-order valence-electron chi connectivity index (χ4n) is 2.84. The number of amides is 1. The molecule has 3 N–H and O–H groups in total. The van der Waals surface area contributed by atoms with E-state index >= 15 is 0 Å². The van der Waals surface area contributed by atoms with Crippen molar-refractivity contribution >= 4 is 12.0 Å².